The Balaban J connectivity index is 2.33. The molecule has 0 radical (unpaired) electrons. The van der Waals surface area contributed by atoms with Gasteiger partial charge in [0, 0.05) is 19.0 Å². The molecular formula is C9H11N3O2. The van der Waals surface area contributed by atoms with Crippen molar-refractivity contribution in [2.75, 3.05) is 5.73 Å². The van der Waals surface area contributed by atoms with Gasteiger partial charge in [0.15, 0.2) is 6.23 Å². The molecule has 0 aliphatic carbocycles. The summed E-state index contributed by atoms with van der Waals surface area (Å²) in [5, 5.41) is 0. The van der Waals surface area contributed by atoms with Gasteiger partial charge in [-0.25, -0.2) is 4.79 Å². The van der Waals surface area contributed by atoms with Crippen molar-refractivity contribution in [3.05, 3.63) is 35.1 Å². The summed E-state index contributed by atoms with van der Waals surface area (Å²) in [5.74, 6) is 0.932. The Morgan fingerprint density at radius 3 is 3.07 bits per heavy atom. The second-order valence-electron chi connectivity index (χ2n) is 3.19. The maximum atomic E-state index is 11.4. The minimum Gasteiger partial charge on any atom is -0.475 e. The van der Waals surface area contributed by atoms with Crippen LogP contribution in [0.4, 0.5) is 5.82 Å². The summed E-state index contributed by atoms with van der Waals surface area (Å²) in [6.07, 6.45) is 2.85. The first kappa shape index (κ1) is 8.80. The van der Waals surface area contributed by atoms with Gasteiger partial charge in [0.25, 0.3) is 0 Å². The number of allylic oxidation sites excluding steroid dienone is 1. The van der Waals surface area contributed by atoms with Crippen LogP contribution in [0.5, 0.6) is 0 Å². The molecule has 2 rings (SSSR count). The van der Waals surface area contributed by atoms with Crippen molar-refractivity contribution < 1.29 is 4.74 Å². The van der Waals surface area contributed by atoms with Crippen LogP contribution in [0.2, 0.25) is 0 Å². The Kier molecular flexibility index (Phi) is 1.99. The van der Waals surface area contributed by atoms with Crippen molar-refractivity contribution in [3.8, 4) is 0 Å². The smallest absolute Gasteiger partial charge is 0.352 e. The van der Waals surface area contributed by atoms with Crippen LogP contribution < -0.4 is 11.4 Å². The largest absolute Gasteiger partial charge is 0.475 e. The van der Waals surface area contributed by atoms with Gasteiger partial charge in [-0.05, 0) is 6.07 Å². The highest BCUT2D eigenvalue weighted by atomic mass is 16.5. The second kappa shape index (κ2) is 3.17. The van der Waals surface area contributed by atoms with Gasteiger partial charge in [-0.1, -0.05) is 6.58 Å². The molecule has 1 aliphatic rings. The number of hydrogen-bond acceptors (Lipinski definition) is 4. The van der Waals surface area contributed by atoms with Gasteiger partial charge < -0.3 is 10.5 Å². The van der Waals surface area contributed by atoms with E-state index in [1.165, 1.54) is 4.57 Å². The Bertz CT molecular complexity index is 424. The minimum atomic E-state index is -0.385. The zero-order chi connectivity index (χ0) is 10.1. The maximum Gasteiger partial charge on any atom is 0.352 e. The zero-order valence-electron chi connectivity index (χ0n) is 7.64. The van der Waals surface area contributed by atoms with Gasteiger partial charge >= 0.3 is 5.69 Å². The molecule has 1 fully saturated rings. The van der Waals surface area contributed by atoms with E-state index < -0.39 is 0 Å². The lowest BCUT2D eigenvalue weighted by Crippen LogP contribution is -2.26. The first-order chi connectivity index (χ1) is 6.66. The van der Waals surface area contributed by atoms with Crippen molar-refractivity contribution in [2.45, 2.75) is 19.1 Å². The molecule has 0 spiro atoms. The monoisotopic (exact) mass is 193 g/mol. The topological polar surface area (TPSA) is 70.1 Å². The first-order valence-corrected chi connectivity index (χ1v) is 4.36. The molecule has 14 heavy (non-hydrogen) atoms. The van der Waals surface area contributed by atoms with Gasteiger partial charge in [0.05, 0.1) is 5.76 Å². The maximum absolute atomic E-state index is 11.4. The number of anilines is 1. The molecule has 0 bridgehead atoms. The van der Waals surface area contributed by atoms with Gasteiger partial charge in [0.1, 0.15) is 5.82 Å². The normalized spacial score (nSPS) is 20.9. The van der Waals surface area contributed by atoms with E-state index in [1.54, 1.807) is 12.3 Å². The molecule has 2 N–H and O–H groups in total. The van der Waals surface area contributed by atoms with E-state index in [1.807, 2.05) is 0 Å². The molecule has 1 aromatic heterocycles. The van der Waals surface area contributed by atoms with E-state index >= 15 is 0 Å². The molecular weight excluding hydrogens is 182 g/mol. The van der Waals surface area contributed by atoms with Gasteiger partial charge in [-0.15, -0.1) is 0 Å². The molecule has 74 valence electrons. The SMILES string of the molecule is C=C1CC[C@H](n2ccc(N)nc2=O)O1. The second-order valence-corrected chi connectivity index (χ2v) is 3.19. The molecule has 2 heterocycles. The van der Waals surface area contributed by atoms with Crippen LogP contribution in [0.3, 0.4) is 0 Å². The zero-order valence-corrected chi connectivity index (χ0v) is 7.64. The molecule has 1 saturated heterocycles. The molecule has 1 aromatic rings. The number of nitrogens with zero attached hydrogens (tertiary/aromatic N) is 2. The summed E-state index contributed by atoms with van der Waals surface area (Å²) in [6, 6.07) is 1.58. The third-order valence-corrected chi connectivity index (χ3v) is 2.13. The quantitative estimate of drug-likeness (QED) is 0.710. The third-order valence-electron chi connectivity index (χ3n) is 2.13. The Morgan fingerprint density at radius 1 is 1.71 bits per heavy atom. The standard InChI is InChI=1S/C9H11N3O2/c1-6-2-3-8(14-6)12-5-4-7(10)11-9(12)13/h4-5,8H,1-3H2,(H2,10,11,13)/t8-/m1/s1. The predicted octanol–water partition coefficient (Wildman–Crippen LogP) is 0.648. The summed E-state index contributed by atoms with van der Waals surface area (Å²) in [4.78, 5) is 15.0. The number of aromatic nitrogens is 2. The van der Waals surface area contributed by atoms with Crippen molar-refractivity contribution in [1.29, 1.82) is 0 Å². The molecule has 0 saturated carbocycles. The number of rotatable bonds is 1. The average Bonchev–Trinajstić information content (AvgIpc) is 2.51. The van der Waals surface area contributed by atoms with Crippen LogP contribution in [0.1, 0.15) is 19.1 Å². The summed E-state index contributed by atoms with van der Waals surface area (Å²) in [7, 11) is 0. The van der Waals surface area contributed by atoms with E-state index in [-0.39, 0.29) is 17.7 Å². The summed E-state index contributed by atoms with van der Waals surface area (Å²) in [5.41, 5.74) is 4.99. The van der Waals surface area contributed by atoms with Crippen molar-refractivity contribution in [1.82, 2.24) is 9.55 Å². The fourth-order valence-corrected chi connectivity index (χ4v) is 1.44. The fraction of sp³-hybridized carbons (Fsp3) is 0.333. The van der Waals surface area contributed by atoms with E-state index in [0.717, 1.165) is 12.8 Å². The molecule has 0 aromatic carbocycles. The van der Waals surface area contributed by atoms with Crippen LogP contribution in [-0.2, 0) is 4.74 Å². The van der Waals surface area contributed by atoms with E-state index in [0.29, 0.717) is 5.76 Å². The molecule has 1 atom stereocenters. The highest BCUT2D eigenvalue weighted by Gasteiger charge is 2.21. The number of hydrogen-bond donors (Lipinski definition) is 1. The van der Waals surface area contributed by atoms with E-state index in [9.17, 15) is 4.79 Å². The molecule has 0 amide bonds. The Labute approximate surface area is 80.8 Å². The Morgan fingerprint density at radius 2 is 2.50 bits per heavy atom. The summed E-state index contributed by atoms with van der Waals surface area (Å²) in [6.45, 7) is 3.69. The number of nitrogens with two attached hydrogens (primary N) is 1. The highest BCUT2D eigenvalue weighted by molar-refractivity contribution is 5.23. The van der Waals surface area contributed by atoms with Crippen LogP contribution >= 0.6 is 0 Å². The van der Waals surface area contributed by atoms with Crippen LogP contribution in [-0.4, -0.2) is 9.55 Å². The van der Waals surface area contributed by atoms with Gasteiger partial charge in [0.2, 0.25) is 0 Å². The highest BCUT2D eigenvalue weighted by Crippen LogP contribution is 2.28. The molecule has 0 unspecified atom stereocenters. The predicted molar refractivity (Wildman–Crippen MR) is 51.4 cm³/mol. The van der Waals surface area contributed by atoms with Crippen molar-refractivity contribution in [3.63, 3.8) is 0 Å². The van der Waals surface area contributed by atoms with Crippen LogP contribution in [0.25, 0.3) is 0 Å². The lowest BCUT2D eigenvalue weighted by molar-refractivity contribution is 0.0941. The Hall–Kier alpha value is -1.78. The average molecular weight is 193 g/mol. The van der Waals surface area contributed by atoms with Crippen molar-refractivity contribution in [2.24, 2.45) is 0 Å². The lowest BCUT2D eigenvalue weighted by Gasteiger charge is -2.12. The van der Waals surface area contributed by atoms with Crippen LogP contribution in [0.15, 0.2) is 29.4 Å². The lowest BCUT2D eigenvalue weighted by atomic mass is 10.3. The summed E-state index contributed by atoms with van der Waals surface area (Å²) >= 11 is 0. The van der Waals surface area contributed by atoms with Gasteiger partial charge in [-0.2, -0.15) is 4.98 Å². The molecule has 5 nitrogen and oxygen atoms in total. The number of ether oxygens (including phenoxy) is 1. The number of nitrogen functional groups attached to an aromatic ring is 1. The summed E-state index contributed by atoms with van der Waals surface area (Å²) < 4.78 is 6.78. The van der Waals surface area contributed by atoms with Crippen molar-refractivity contribution >= 4 is 5.82 Å². The fourth-order valence-electron chi connectivity index (χ4n) is 1.44. The van der Waals surface area contributed by atoms with E-state index in [4.69, 9.17) is 10.5 Å². The molecule has 5 heteroatoms. The van der Waals surface area contributed by atoms with Crippen LogP contribution in [0, 0.1) is 0 Å². The third kappa shape index (κ3) is 1.48. The first-order valence-electron chi connectivity index (χ1n) is 4.36. The van der Waals surface area contributed by atoms with Gasteiger partial charge in [-0.3, -0.25) is 4.57 Å². The van der Waals surface area contributed by atoms with E-state index in [2.05, 4.69) is 11.6 Å². The molecule has 1 aliphatic heterocycles. The minimum absolute atomic E-state index is 0.225.